The second-order valence-corrected chi connectivity index (χ2v) is 5.18. The van der Waals surface area contributed by atoms with Gasteiger partial charge in [0.05, 0.1) is 7.11 Å². The first-order valence-electron chi connectivity index (χ1n) is 6.56. The summed E-state index contributed by atoms with van der Waals surface area (Å²) < 4.78 is 14.6. The van der Waals surface area contributed by atoms with Crippen molar-refractivity contribution in [2.75, 3.05) is 26.0 Å². The average molecular weight is 338 g/mol. The van der Waals surface area contributed by atoms with Crippen LogP contribution in [0.5, 0.6) is 0 Å². The van der Waals surface area contributed by atoms with Gasteiger partial charge in [0.25, 0.3) is 11.1 Å². The van der Waals surface area contributed by atoms with Crippen molar-refractivity contribution in [3.8, 4) is 0 Å². The van der Waals surface area contributed by atoms with Crippen LogP contribution in [0, 0.1) is 0 Å². The van der Waals surface area contributed by atoms with Gasteiger partial charge in [0.15, 0.2) is 12.2 Å². The summed E-state index contributed by atoms with van der Waals surface area (Å²) in [4.78, 5) is 37.9. The Balaban J connectivity index is 1.70. The SMILES string of the molecule is COC(=O)CNC(=O)COC(=O)CSc1nc2ccccc2o1. The second-order valence-electron chi connectivity index (χ2n) is 4.25. The highest BCUT2D eigenvalue weighted by Crippen LogP contribution is 2.22. The molecule has 0 spiro atoms. The Kier molecular flexibility index (Phi) is 5.98. The number of ether oxygens (including phenoxy) is 2. The summed E-state index contributed by atoms with van der Waals surface area (Å²) in [5.41, 5.74) is 1.33. The third-order valence-electron chi connectivity index (χ3n) is 2.61. The van der Waals surface area contributed by atoms with E-state index in [2.05, 4.69) is 15.0 Å². The minimum atomic E-state index is -0.592. The number of para-hydroxylation sites is 2. The van der Waals surface area contributed by atoms with E-state index in [1.54, 1.807) is 12.1 Å². The summed E-state index contributed by atoms with van der Waals surface area (Å²) in [6, 6.07) is 7.23. The molecule has 1 aromatic carbocycles. The van der Waals surface area contributed by atoms with Crippen LogP contribution in [0.1, 0.15) is 0 Å². The van der Waals surface area contributed by atoms with Crippen molar-refractivity contribution in [2.45, 2.75) is 5.22 Å². The van der Waals surface area contributed by atoms with Gasteiger partial charge in [-0.3, -0.25) is 14.4 Å². The maximum absolute atomic E-state index is 11.5. The highest BCUT2D eigenvalue weighted by atomic mass is 32.2. The maximum atomic E-state index is 11.5. The van der Waals surface area contributed by atoms with Crippen LogP contribution in [0.2, 0.25) is 0 Å². The number of amides is 1. The molecule has 0 radical (unpaired) electrons. The number of nitrogens with zero attached hydrogens (tertiary/aromatic N) is 1. The molecular weight excluding hydrogens is 324 g/mol. The van der Waals surface area contributed by atoms with E-state index in [0.717, 1.165) is 11.8 Å². The molecule has 0 bridgehead atoms. The highest BCUT2D eigenvalue weighted by molar-refractivity contribution is 7.99. The van der Waals surface area contributed by atoms with Crippen molar-refractivity contribution in [3.05, 3.63) is 24.3 Å². The number of carbonyl (C=O) groups excluding carboxylic acids is 3. The number of hydrogen-bond acceptors (Lipinski definition) is 8. The molecule has 0 aliphatic carbocycles. The van der Waals surface area contributed by atoms with Crippen LogP contribution in [0.4, 0.5) is 0 Å². The van der Waals surface area contributed by atoms with Crippen LogP contribution in [-0.2, 0) is 23.9 Å². The molecule has 0 atom stereocenters. The van der Waals surface area contributed by atoms with E-state index in [1.165, 1.54) is 7.11 Å². The minimum Gasteiger partial charge on any atom is -0.468 e. The fourth-order valence-corrected chi connectivity index (χ4v) is 2.15. The highest BCUT2D eigenvalue weighted by Gasteiger charge is 2.12. The normalized spacial score (nSPS) is 10.3. The fourth-order valence-electron chi connectivity index (χ4n) is 1.52. The second kappa shape index (κ2) is 8.18. The van der Waals surface area contributed by atoms with Crippen LogP contribution >= 0.6 is 11.8 Å². The Morgan fingerprint density at radius 1 is 1.26 bits per heavy atom. The summed E-state index contributed by atoms with van der Waals surface area (Å²) in [5.74, 6) is -1.81. The number of carbonyl (C=O) groups is 3. The number of esters is 2. The third kappa shape index (κ3) is 5.29. The van der Waals surface area contributed by atoms with E-state index in [4.69, 9.17) is 9.15 Å². The van der Waals surface area contributed by atoms with Crippen LogP contribution in [0.15, 0.2) is 33.9 Å². The molecule has 0 aliphatic heterocycles. The predicted octanol–water partition coefficient (Wildman–Crippen LogP) is 0.752. The molecule has 0 saturated heterocycles. The van der Waals surface area contributed by atoms with Crippen molar-refractivity contribution < 1.29 is 28.3 Å². The number of rotatable bonds is 7. The zero-order valence-corrected chi connectivity index (χ0v) is 13.1. The first-order valence-corrected chi connectivity index (χ1v) is 7.54. The van der Waals surface area contributed by atoms with E-state index in [0.29, 0.717) is 16.3 Å². The lowest BCUT2D eigenvalue weighted by Gasteiger charge is -2.04. The zero-order chi connectivity index (χ0) is 16.7. The molecule has 8 nitrogen and oxygen atoms in total. The zero-order valence-electron chi connectivity index (χ0n) is 12.2. The van der Waals surface area contributed by atoms with Gasteiger partial charge < -0.3 is 19.2 Å². The molecular formula is C14H14N2O6S. The summed E-state index contributed by atoms with van der Waals surface area (Å²) in [7, 11) is 1.21. The van der Waals surface area contributed by atoms with Gasteiger partial charge in [0.2, 0.25) is 0 Å². The van der Waals surface area contributed by atoms with Crippen LogP contribution in [0.25, 0.3) is 11.1 Å². The van der Waals surface area contributed by atoms with Crippen molar-refractivity contribution in [1.29, 1.82) is 0 Å². The smallest absolute Gasteiger partial charge is 0.325 e. The van der Waals surface area contributed by atoms with Gasteiger partial charge in [-0.25, -0.2) is 4.98 Å². The lowest BCUT2D eigenvalue weighted by Crippen LogP contribution is -2.33. The Morgan fingerprint density at radius 3 is 2.78 bits per heavy atom. The monoisotopic (exact) mass is 338 g/mol. The molecule has 122 valence electrons. The predicted molar refractivity (Wildman–Crippen MR) is 80.7 cm³/mol. The first kappa shape index (κ1) is 16.8. The molecule has 1 N–H and O–H groups in total. The lowest BCUT2D eigenvalue weighted by atomic mass is 10.3. The van der Waals surface area contributed by atoms with E-state index in [1.807, 2.05) is 12.1 Å². The molecule has 0 unspecified atom stereocenters. The number of aromatic nitrogens is 1. The van der Waals surface area contributed by atoms with Crippen LogP contribution in [0.3, 0.4) is 0 Å². The topological polar surface area (TPSA) is 108 Å². The van der Waals surface area contributed by atoms with Gasteiger partial charge in [-0.2, -0.15) is 0 Å². The molecule has 1 amide bonds. The fraction of sp³-hybridized carbons (Fsp3) is 0.286. The number of hydrogen-bond donors (Lipinski definition) is 1. The summed E-state index contributed by atoms with van der Waals surface area (Å²) in [5, 5.41) is 2.60. The van der Waals surface area contributed by atoms with Crippen molar-refractivity contribution in [1.82, 2.24) is 10.3 Å². The maximum Gasteiger partial charge on any atom is 0.325 e. The number of fused-ring (bicyclic) bond motifs is 1. The Morgan fingerprint density at radius 2 is 2.04 bits per heavy atom. The molecule has 0 fully saturated rings. The largest absolute Gasteiger partial charge is 0.468 e. The molecule has 2 aromatic rings. The standard InChI is InChI=1S/C14H14N2O6S/c1-20-12(18)6-15-11(17)7-21-13(19)8-23-14-16-9-4-2-3-5-10(9)22-14/h2-5H,6-8H2,1H3,(H,15,17). The third-order valence-corrected chi connectivity index (χ3v) is 3.41. The van der Waals surface area contributed by atoms with Crippen molar-refractivity contribution >= 4 is 40.7 Å². The summed E-state index contributed by atoms with van der Waals surface area (Å²) >= 11 is 1.07. The van der Waals surface area contributed by atoms with Gasteiger partial charge in [-0.1, -0.05) is 23.9 Å². The van der Waals surface area contributed by atoms with E-state index < -0.39 is 24.5 Å². The molecule has 0 saturated carbocycles. The molecule has 0 aliphatic rings. The van der Waals surface area contributed by atoms with Gasteiger partial charge in [-0.05, 0) is 12.1 Å². The number of methoxy groups -OCH3 is 1. The summed E-state index contributed by atoms with van der Waals surface area (Å²) in [6.45, 7) is -0.742. The molecule has 1 heterocycles. The van der Waals surface area contributed by atoms with Gasteiger partial charge in [-0.15, -0.1) is 0 Å². The van der Waals surface area contributed by atoms with Gasteiger partial charge in [0.1, 0.15) is 17.8 Å². The number of benzene rings is 1. The Hall–Kier alpha value is -2.55. The molecule has 1 aromatic heterocycles. The molecule has 23 heavy (non-hydrogen) atoms. The van der Waals surface area contributed by atoms with Crippen molar-refractivity contribution in [2.24, 2.45) is 0 Å². The van der Waals surface area contributed by atoms with Crippen LogP contribution < -0.4 is 5.32 Å². The van der Waals surface area contributed by atoms with Crippen LogP contribution in [-0.4, -0.2) is 48.8 Å². The quantitative estimate of drug-likeness (QED) is 0.582. The van der Waals surface area contributed by atoms with E-state index in [9.17, 15) is 14.4 Å². The summed E-state index contributed by atoms with van der Waals surface area (Å²) in [6.07, 6.45) is 0. The van der Waals surface area contributed by atoms with Gasteiger partial charge in [0, 0.05) is 0 Å². The minimum absolute atomic E-state index is 0.0445. The Bertz CT molecular complexity index is 681. The lowest BCUT2D eigenvalue weighted by molar-refractivity contribution is -0.146. The number of oxazole rings is 1. The Labute approximate surface area is 135 Å². The molecule has 2 rings (SSSR count). The molecule has 9 heteroatoms. The van der Waals surface area contributed by atoms with Gasteiger partial charge >= 0.3 is 11.9 Å². The average Bonchev–Trinajstić information content (AvgIpc) is 2.98. The van der Waals surface area contributed by atoms with Crippen molar-refractivity contribution in [3.63, 3.8) is 0 Å². The first-order chi connectivity index (χ1) is 11.1. The number of nitrogens with one attached hydrogen (secondary N) is 1. The number of thioether (sulfide) groups is 1. The van der Waals surface area contributed by atoms with E-state index in [-0.39, 0.29) is 12.3 Å². The van der Waals surface area contributed by atoms with E-state index >= 15 is 0 Å².